The summed E-state index contributed by atoms with van der Waals surface area (Å²) in [7, 11) is 3.26. The molecule has 142 valence electrons. The van der Waals surface area contributed by atoms with Gasteiger partial charge in [-0.05, 0) is 70.7 Å². The minimum atomic E-state index is 0.622. The van der Waals surface area contributed by atoms with E-state index in [1.807, 2.05) is 12.1 Å². The normalized spacial score (nSPS) is 16.0. The number of allylic oxidation sites excluding steroid dienone is 1. The largest absolute Gasteiger partial charge is 0.493 e. The van der Waals surface area contributed by atoms with Gasteiger partial charge >= 0.3 is 0 Å². The summed E-state index contributed by atoms with van der Waals surface area (Å²) in [5, 5.41) is 5.33. The molecule has 0 saturated carbocycles. The van der Waals surface area contributed by atoms with Crippen LogP contribution >= 0.6 is 0 Å². The second-order valence-corrected chi connectivity index (χ2v) is 7.37. The van der Waals surface area contributed by atoms with E-state index in [1.165, 1.54) is 31.5 Å². The van der Waals surface area contributed by atoms with Crippen LogP contribution in [-0.2, 0) is 6.42 Å². The zero-order valence-corrected chi connectivity index (χ0v) is 16.4. The highest BCUT2D eigenvalue weighted by Gasteiger charge is 2.21. The van der Waals surface area contributed by atoms with Crippen molar-refractivity contribution in [3.63, 3.8) is 0 Å². The number of ether oxygens (including phenoxy) is 2. The molecule has 1 aliphatic heterocycles. The molecule has 0 radical (unpaired) electrons. The number of piperidine rings is 1. The third-order valence-corrected chi connectivity index (χ3v) is 5.31. The van der Waals surface area contributed by atoms with Gasteiger partial charge in [-0.3, -0.25) is 4.90 Å². The van der Waals surface area contributed by atoms with E-state index < -0.39 is 0 Å². The van der Waals surface area contributed by atoms with Gasteiger partial charge in [0.2, 0.25) is 11.3 Å². The molecule has 0 bridgehead atoms. The standard InChI is InChI=1S/C21H30N2O3/c1-15(2)9-12-23-13-10-16(11-14-23)5-7-18-17-6-8-19(24-3)21(25-4)20(17)26-22-18/h6,8-9,16H,5,7,10-14H2,1-4H3. The van der Waals surface area contributed by atoms with Gasteiger partial charge in [0, 0.05) is 11.9 Å². The Morgan fingerprint density at radius 3 is 2.65 bits per heavy atom. The van der Waals surface area contributed by atoms with Crippen LogP contribution in [0.3, 0.4) is 0 Å². The molecule has 0 amide bonds. The Hall–Kier alpha value is -2.01. The predicted molar refractivity (Wildman–Crippen MR) is 104 cm³/mol. The maximum absolute atomic E-state index is 5.56. The molecule has 3 rings (SSSR count). The number of nitrogens with zero attached hydrogens (tertiary/aromatic N) is 2. The fraction of sp³-hybridized carbons (Fsp3) is 0.571. The molecule has 1 aromatic carbocycles. The fourth-order valence-electron chi connectivity index (χ4n) is 3.66. The minimum Gasteiger partial charge on any atom is -0.493 e. The van der Waals surface area contributed by atoms with E-state index in [0.29, 0.717) is 17.1 Å². The molecule has 1 aliphatic rings. The summed E-state index contributed by atoms with van der Waals surface area (Å²) in [5.74, 6) is 2.06. The second kappa shape index (κ2) is 8.58. The van der Waals surface area contributed by atoms with Gasteiger partial charge in [0.1, 0.15) is 0 Å². The molecule has 1 fully saturated rings. The van der Waals surface area contributed by atoms with Gasteiger partial charge in [-0.25, -0.2) is 0 Å². The molecule has 0 atom stereocenters. The average Bonchev–Trinajstić information content (AvgIpc) is 3.07. The fourth-order valence-corrected chi connectivity index (χ4v) is 3.66. The number of hydrogen-bond donors (Lipinski definition) is 0. The van der Waals surface area contributed by atoms with Crippen LogP contribution in [-0.4, -0.2) is 43.9 Å². The topological polar surface area (TPSA) is 47.7 Å². The first-order chi connectivity index (χ1) is 12.6. The maximum atomic E-state index is 5.56. The van der Waals surface area contributed by atoms with Crippen molar-refractivity contribution < 1.29 is 14.0 Å². The average molecular weight is 358 g/mol. The molecule has 1 aromatic heterocycles. The Labute approximate surface area is 155 Å². The number of hydrogen-bond acceptors (Lipinski definition) is 5. The van der Waals surface area contributed by atoms with Crippen LogP contribution in [0.1, 0.15) is 38.8 Å². The molecule has 2 aromatic rings. The van der Waals surface area contributed by atoms with Gasteiger partial charge in [-0.1, -0.05) is 16.8 Å². The van der Waals surface area contributed by atoms with Crippen molar-refractivity contribution in [1.82, 2.24) is 10.1 Å². The van der Waals surface area contributed by atoms with Crippen molar-refractivity contribution in [3.8, 4) is 11.5 Å². The van der Waals surface area contributed by atoms with Crippen LogP contribution in [0.5, 0.6) is 11.5 Å². The van der Waals surface area contributed by atoms with Gasteiger partial charge < -0.3 is 14.0 Å². The summed E-state index contributed by atoms with van der Waals surface area (Å²) in [6, 6.07) is 3.94. The summed E-state index contributed by atoms with van der Waals surface area (Å²) in [5.41, 5.74) is 3.10. The molecular formula is C21H30N2O3. The zero-order valence-electron chi connectivity index (χ0n) is 16.4. The Balaban J connectivity index is 1.58. The third kappa shape index (κ3) is 4.21. The molecule has 1 saturated heterocycles. The van der Waals surface area contributed by atoms with Gasteiger partial charge in [-0.15, -0.1) is 0 Å². The van der Waals surface area contributed by atoms with Crippen LogP contribution in [0.15, 0.2) is 28.3 Å². The molecule has 0 aliphatic carbocycles. The summed E-state index contributed by atoms with van der Waals surface area (Å²) < 4.78 is 16.3. The van der Waals surface area contributed by atoms with E-state index in [2.05, 4.69) is 30.0 Å². The zero-order chi connectivity index (χ0) is 18.5. The highest BCUT2D eigenvalue weighted by Crippen LogP contribution is 2.37. The third-order valence-electron chi connectivity index (χ3n) is 5.31. The SMILES string of the molecule is COc1ccc2c(CCC3CCN(CC=C(C)C)CC3)noc2c1OC. The van der Waals surface area contributed by atoms with Crippen molar-refractivity contribution in [1.29, 1.82) is 0 Å². The lowest BCUT2D eigenvalue weighted by Gasteiger charge is -2.31. The highest BCUT2D eigenvalue weighted by molar-refractivity contribution is 5.87. The van der Waals surface area contributed by atoms with Crippen molar-refractivity contribution >= 4 is 11.0 Å². The van der Waals surface area contributed by atoms with E-state index >= 15 is 0 Å². The Morgan fingerprint density at radius 2 is 2.00 bits per heavy atom. The van der Waals surface area contributed by atoms with Crippen LogP contribution in [0.25, 0.3) is 11.0 Å². The lowest BCUT2D eigenvalue weighted by atomic mass is 9.91. The second-order valence-electron chi connectivity index (χ2n) is 7.37. The lowest BCUT2D eigenvalue weighted by Crippen LogP contribution is -2.34. The molecule has 2 heterocycles. The van der Waals surface area contributed by atoms with Crippen LogP contribution in [0, 0.1) is 5.92 Å². The van der Waals surface area contributed by atoms with Gasteiger partial charge in [0.05, 0.1) is 19.9 Å². The number of likely N-dealkylation sites (tertiary alicyclic amines) is 1. The van der Waals surface area contributed by atoms with E-state index in [-0.39, 0.29) is 0 Å². The number of methoxy groups -OCH3 is 2. The first kappa shape index (κ1) is 18.8. The smallest absolute Gasteiger partial charge is 0.212 e. The first-order valence-corrected chi connectivity index (χ1v) is 9.47. The minimum absolute atomic E-state index is 0.622. The summed E-state index contributed by atoms with van der Waals surface area (Å²) in [6.45, 7) is 7.81. The molecular weight excluding hydrogens is 328 g/mol. The number of benzene rings is 1. The molecule has 5 heteroatoms. The number of fused-ring (bicyclic) bond motifs is 1. The summed E-state index contributed by atoms with van der Waals surface area (Å²) in [4.78, 5) is 2.55. The number of aryl methyl sites for hydroxylation is 1. The Kier molecular flexibility index (Phi) is 6.20. The van der Waals surface area contributed by atoms with Gasteiger partial charge in [-0.2, -0.15) is 0 Å². The molecule has 0 unspecified atom stereocenters. The number of rotatable bonds is 7. The maximum Gasteiger partial charge on any atom is 0.212 e. The van der Waals surface area contributed by atoms with E-state index in [9.17, 15) is 0 Å². The quantitative estimate of drug-likeness (QED) is 0.684. The van der Waals surface area contributed by atoms with E-state index in [0.717, 1.165) is 36.4 Å². The Bertz CT molecular complexity index is 754. The van der Waals surface area contributed by atoms with Crippen LogP contribution < -0.4 is 9.47 Å². The summed E-state index contributed by atoms with van der Waals surface area (Å²) >= 11 is 0. The molecule has 0 N–H and O–H groups in total. The lowest BCUT2D eigenvalue weighted by molar-refractivity contribution is 0.194. The highest BCUT2D eigenvalue weighted by atomic mass is 16.5. The number of aromatic nitrogens is 1. The van der Waals surface area contributed by atoms with Gasteiger partial charge in [0.25, 0.3) is 0 Å². The molecule has 0 spiro atoms. The predicted octanol–water partition coefficient (Wildman–Crippen LogP) is 4.46. The molecule has 5 nitrogen and oxygen atoms in total. The summed E-state index contributed by atoms with van der Waals surface area (Å²) in [6.07, 6.45) is 6.96. The monoisotopic (exact) mass is 358 g/mol. The first-order valence-electron chi connectivity index (χ1n) is 9.47. The van der Waals surface area contributed by atoms with Crippen LogP contribution in [0.4, 0.5) is 0 Å². The van der Waals surface area contributed by atoms with E-state index in [4.69, 9.17) is 14.0 Å². The van der Waals surface area contributed by atoms with E-state index in [1.54, 1.807) is 14.2 Å². The van der Waals surface area contributed by atoms with Crippen molar-refractivity contribution in [2.24, 2.45) is 5.92 Å². The molecule has 26 heavy (non-hydrogen) atoms. The Morgan fingerprint density at radius 1 is 1.23 bits per heavy atom. The van der Waals surface area contributed by atoms with Gasteiger partial charge in [0.15, 0.2) is 5.75 Å². The van der Waals surface area contributed by atoms with Crippen molar-refractivity contribution in [2.45, 2.75) is 39.5 Å². The van der Waals surface area contributed by atoms with Crippen molar-refractivity contribution in [3.05, 3.63) is 29.5 Å². The van der Waals surface area contributed by atoms with Crippen LogP contribution in [0.2, 0.25) is 0 Å². The van der Waals surface area contributed by atoms with Crippen molar-refractivity contribution in [2.75, 3.05) is 33.9 Å².